The number of nitriles is 1. The van der Waals surface area contributed by atoms with Crippen molar-refractivity contribution in [3.05, 3.63) is 0 Å². The number of hydrogen-bond donors (Lipinski definition) is 2. The van der Waals surface area contributed by atoms with E-state index in [1.165, 1.54) is 0 Å². The number of carbonyl (C=O) groups is 2. The number of aliphatic carboxylic acids is 1. The molecule has 94 valence electrons. The molecule has 1 heterocycles. The first-order valence-electron chi connectivity index (χ1n) is 5.58. The highest BCUT2D eigenvalue weighted by Crippen LogP contribution is 2.14. The summed E-state index contributed by atoms with van der Waals surface area (Å²) in [5.74, 6) is -1.96. The zero-order chi connectivity index (χ0) is 12.8. The summed E-state index contributed by atoms with van der Waals surface area (Å²) in [4.78, 5) is 22.7. The Morgan fingerprint density at radius 3 is 2.82 bits per heavy atom. The van der Waals surface area contributed by atoms with Gasteiger partial charge in [-0.3, -0.25) is 4.79 Å². The molecule has 0 aromatic rings. The molecule has 2 N–H and O–H groups in total. The number of amides is 1. The van der Waals surface area contributed by atoms with E-state index in [9.17, 15) is 9.59 Å². The third-order valence-corrected chi connectivity index (χ3v) is 2.77. The summed E-state index contributed by atoms with van der Waals surface area (Å²) in [6, 6.07) is 0.864. The Morgan fingerprint density at radius 1 is 1.65 bits per heavy atom. The third kappa shape index (κ3) is 3.71. The maximum Gasteiger partial charge on any atom is 0.326 e. The Morgan fingerprint density at radius 2 is 2.35 bits per heavy atom. The molecule has 1 rings (SSSR count). The van der Waals surface area contributed by atoms with Crippen molar-refractivity contribution in [1.82, 2.24) is 5.32 Å². The predicted octanol–water partition coefficient (Wildman–Crippen LogP) is 0.285. The van der Waals surface area contributed by atoms with Gasteiger partial charge in [-0.2, -0.15) is 5.26 Å². The van der Waals surface area contributed by atoms with E-state index in [1.54, 1.807) is 6.92 Å². The van der Waals surface area contributed by atoms with E-state index in [0.29, 0.717) is 13.0 Å². The monoisotopic (exact) mass is 240 g/mol. The van der Waals surface area contributed by atoms with Gasteiger partial charge in [0.25, 0.3) is 0 Å². The average Bonchev–Trinajstić information content (AvgIpc) is 2.78. The number of ether oxygens (including phenoxy) is 1. The molecule has 0 aliphatic carbocycles. The maximum atomic E-state index is 11.7. The van der Waals surface area contributed by atoms with Gasteiger partial charge in [0.05, 0.1) is 6.07 Å². The lowest BCUT2D eigenvalue weighted by atomic mass is 9.98. The Labute approximate surface area is 99.6 Å². The van der Waals surface area contributed by atoms with Gasteiger partial charge >= 0.3 is 5.97 Å². The second-order valence-electron chi connectivity index (χ2n) is 4.17. The summed E-state index contributed by atoms with van der Waals surface area (Å²) >= 11 is 0. The van der Waals surface area contributed by atoms with Gasteiger partial charge in [0, 0.05) is 18.9 Å². The number of rotatable bonds is 5. The fourth-order valence-corrected chi connectivity index (χ4v) is 1.74. The molecule has 1 aliphatic heterocycles. The van der Waals surface area contributed by atoms with Crippen LogP contribution in [0.4, 0.5) is 0 Å². The molecule has 1 saturated heterocycles. The smallest absolute Gasteiger partial charge is 0.326 e. The van der Waals surface area contributed by atoms with Crippen LogP contribution in [0.1, 0.15) is 26.2 Å². The highest BCUT2D eigenvalue weighted by molar-refractivity contribution is 5.86. The summed E-state index contributed by atoms with van der Waals surface area (Å²) in [5.41, 5.74) is 0. The summed E-state index contributed by atoms with van der Waals surface area (Å²) in [6.45, 7) is 2.15. The van der Waals surface area contributed by atoms with Crippen LogP contribution in [-0.2, 0) is 14.3 Å². The van der Waals surface area contributed by atoms with Crippen molar-refractivity contribution in [2.24, 2.45) is 5.92 Å². The Balaban J connectivity index is 2.57. The molecule has 0 aromatic carbocycles. The average molecular weight is 240 g/mol. The van der Waals surface area contributed by atoms with Crippen LogP contribution in [0, 0.1) is 17.2 Å². The first kappa shape index (κ1) is 13.5. The molecule has 1 aliphatic rings. The lowest BCUT2D eigenvalue weighted by molar-refractivity contribution is -0.145. The van der Waals surface area contributed by atoms with Crippen LogP contribution in [0.25, 0.3) is 0 Å². The van der Waals surface area contributed by atoms with Gasteiger partial charge in [-0.15, -0.1) is 0 Å². The molecule has 0 saturated carbocycles. The molecule has 3 atom stereocenters. The van der Waals surface area contributed by atoms with Crippen molar-refractivity contribution in [3.63, 3.8) is 0 Å². The standard InChI is InChI=1S/C11H16N2O4/c1-7(4-5-12)9(11(15)16)13-10(14)8-3-2-6-17-8/h7-9H,2-4,6H2,1H3,(H,13,14)(H,15,16)/t7-,8+,9+/m0/s1. The second-order valence-corrected chi connectivity index (χ2v) is 4.17. The third-order valence-electron chi connectivity index (χ3n) is 2.77. The van der Waals surface area contributed by atoms with Crippen LogP contribution in [0.2, 0.25) is 0 Å². The van der Waals surface area contributed by atoms with E-state index in [0.717, 1.165) is 6.42 Å². The van der Waals surface area contributed by atoms with Crippen molar-refractivity contribution >= 4 is 11.9 Å². The molecule has 6 heteroatoms. The van der Waals surface area contributed by atoms with E-state index in [2.05, 4.69) is 5.32 Å². The van der Waals surface area contributed by atoms with Gasteiger partial charge < -0.3 is 15.2 Å². The van der Waals surface area contributed by atoms with Crippen molar-refractivity contribution in [1.29, 1.82) is 5.26 Å². The first-order chi connectivity index (χ1) is 8.06. The maximum absolute atomic E-state index is 11.7. The van der Waals surface area contributed by atoms with Crippen molar-refractivity contribution in [3.8, 4) is 6.07 Å². The Bertz CT molecular complexity index is 331. The van der Waals surface area contributed by atoms with E-state index < -0.39 is 29.9 Å². The molecular formula is C11H16N2O4. The van der Waals surface area contributed by atoms with E-state index in [-0.39, 0.29) is 6.42 Å². The molecule has 0 aromatic heterocycles. The number of hydrogen-bond acceptors (Lipinski definition) is 4. The Hall–Kier alpha value is -1.61. The second kappa shape index (κ2) is 6.21. The lowest BCUT2D eigenvalue weighted by Gasteiger charge is -2.21. The SMILES string of the molecule is C[C@@H](CC#N)[C@@H](NC(=O)[C@H]1CCCO1)C(=O)O. The van der Waals surface area contributed by atoms with Gasteiger partial charge in [-0.1, -0.05) is 6.92 Å². The topological polar surface area (TPSA) is 99.4 Å². The number of carboxylic acid groups (broad SMARTS) is 1. The van der Waals surface area contributed by atoms with Gasteiger partial charge in [0.15, 0.2) is 0 Å². The quantitative estimate of drug-likeness (QED) is 0.719. The summed E-state index contributed by atoms with van der Waals surface area (Å²) in [7, 11) is 0. The van der Waals surface area contributed by atoms with Gasteiger partial charge in [-0.25, -0.2) is 4.79 Å². The zero-order valence-corrected chi connectivity index (χ0v) is 9.68. The van der Waals surface area contributed by atoms with E-state index >= 15 is 0 Å². The van der Waals surface area contributed by atoms with Crippen molar-refractivity contribution in [2.75, 3.05) is 6.61 Å². The van der Waals surface area contributed by atoms with Crippen LogP contribution in [0.3, 0.4) is 0 Å². The van der Waals surface area contributed by atoms with Gasteiger partial charge in [0.1, 0.15) is 12.1 Å². The van der Waals surface area contributed by atoms with Gasteiger partial charge in [-0.05, 0) is 12.8 Å². The van der Waals surface area contributed by atoms with E-state index in [1.807, 2.05) is 6.07 Å². The first-order valence-corrected chi connectivity index (χ1v) is 5.58. The van der Waals surface area contributed by atoms with Crippen molar-refractivity contribution < 1.29 is 19.4 Å². The Kier molecular flexibility index (Phi) is 4.91. The zero-order valence-electron chi connectivity index (χ0n) is 9.68. The highest BCUT2D eigenvalue weighted by atomic mass is 16.5. The van der Waals surface area contributed by atoms with Crippen molar-refractivity contribution in [2.45, 2.75) is 38.3 Å². The molecule has 1 amide bonds. The fraction of sp³-hybridized carbons (Fsp3) is 0.727. The molecule has 6 nitrogen and oxygen atoms in total. The molecule has 0 spiro atoms. The number of carboxylic acids is 1. The largest absolute Gasteiger partial charge is 0.480 e. The van der Waals surface area contributed by atoms with Crippen LogP contribution in [-0.4, -0.2) is 35.7 Å². The molecular weight excluding hydrogens is 224 g/mol. The number of nitrogens with one attached hydrogen (secondary N) is 1. The number of carbonyl (C=O) groups excluding carboxylic acids is 1. The van der Waals surface area contributed by atoms with Gasteiger partial charge in [0.2, 0.25) is 5.91 Å². The number of nitrogens with zero attached hydrogens (tertiary/aromatic N) is 1. The summed E-state index contributed by atoms with van der Waals surface area (Å²) < 4.78 is 5.17. The fourth-order valence-electron chi connectivity index (χ4n) is 1.74. The molecule has 0 unspecified atom stereocenters. The molecule has 0 bridgehead atoms. The minimum Gasteiger partial charge on any atom is -0.480 e. The molecule has 1 fully saturated rings. The summed E-state index contributed by atoms with van der Waals surface area (Å²) in [5, 5.41) is 20.0. The van der Waals surface area contributed by atoms with E-state index in [4.69, 9.17) is 15.1 Å². The predicted molar refractivity (Wildman–Crippen MR) is 57.9 cm³/mol. The van der Waals surface area contributed by atoms with Crippen LogP contribution < -0.4 is 5.32 Å². The lowest BCUT2D eigenvalue weighted by Crippen LogP contribution is -2.48. The van der Waals surface area contributed by atoms with Crippen LogP contribution in [0.15, 0.2) is 0 Å². The summed E-state index contributed by atoms with van der Waals surface area (Å²) in [6.07, 6.45) is 0.961. The highest BCUT2D eigenvalue weighted by Gasteiger charge is 2.31. The molecule has 17 heavy (non-hydrogen) atoms. The minimum absolute atomic E-state index is 0.0861. The normalized spacial score (nSPS) is 22.5. The molecule has 0 radical (unpaired) electrons. The van der Waals surface area contributed by atoms with Crippen LogP contribution in [0.5, 0.6) is 0 Å². The van der Waals surface area contributed by atoms with Crippen LogP contribution >= 0.6 is 0 Å². The minimum atomic E-state index is -1.13.